The molecule has 1 aliphatic rings. The molecular weight excluding hydrogens is 348 g/mol. The SMILES string of the molecule is CC[C@H](C)Oc1ccc(/C=C2\C(=O)NC(=O)N(Cc3ccco3)C2=O)cc1. The molecule has 0 saturated carbocycles. The molecule has 0 bridgehead atoms. The van der Waals surface area contributed by atoms with Crippen LogP contribution in [0.2, 0.25) is 0 Å². The van der Waals surface area contributed by atoms with Crippen molar-refractivity contribution in [2.24, 2.45) is 0 Å². The summed E-state index contributed by atoms with van der Waals surface area (Å²) in [6.45, 7) is 3.96. The third-order valence-electron chi connectivity index (χ3n) is 4.18. The van der Waals surface area contributed by atoms with Crippen LogP contribution in [0.4, 0.5) is 4.79 Å². The fraction of sp³-hybridized carbons (Fsp3) is 0.250. The van der Waals surface area contributed by atoms with E-state index in [9.17, 15) is 14.4 Å². The Kier molecular flexibility index (Phi) is 5.40. The highest BCUT2D eigenvalue weighted by Gasteiger charge is 2.36. The first-order valence-corrected chi connectivity index (χ1v) is 8.66. The number of benzene rings is 1. The van der Waals surface area contributed by atoms with Gasteiger partial charge < -0.3 is 9.15 Å². The maximum Gasteiger partial charge on any atom is 0.331 e. The van der Waals surface area contributed by atoms with Crippen molar-refractivity contribution >= 4 is 23.9 Å². The first-order chi connectivity index (χ1) is 13.0. The minimum atomic E-state index is -0.768. The normalized spacial score (nSPS) is 17.2. The molecule has 1 atom stereocenters. The minimum absolute atomic E-state index is 0.0516. The lowest BCUT2D eigenvalue weighted by Crippen LogP contribution is -2.53. The smallest absolute Gasteiger partial charge is 0.331 e. The van der Waals surface area contributed by atoms with Gasteiger partial charge in [0.1, 0.15) is 17.1 Å². The number of nitrogens with one attached hydrogen (secondary N) is 1. The highest BCUT2D eigenvalue weighted by Crippen LogP contribution is 2.20. The fourth-order valence-electron chi connectivity index (χ4n) is 2.52. The van der Waals surface area contributed by atoms with Crippen molar-refractivity contribution in [3.63, 3.8) is 0 Å². The van der Waals surface area contributed by atoms with E-state index in [2.05, 4.69) is 5.32 Å². The lowest BCUT2D eigenvalue weighted by molar-refractivity contribution is -0.130. The van der Waals surface area contributed by atoms with Crippen LogP contribution in [0.3, 0.4) is 0 Å². The van der Waals surface area contributed by atoms with Crippen molar-refractivity contribution in [2.45, 2.75) is 32.9 Å². The van der Waals surface area contributed by atoms with Crippen molar-refractivity contribution in [2.75, 3.05) is 0 Å². The quantitative estimate of drug-likeness (QED) is 0.625. The fourth-order valence-corrected chi connectivity index (χ4v) is 2.52. The van der Waals surface area contributed by atoms with Crippen LogP contribution in [0.25, 0.3) is 6.08 Å². The zero-order valence-electron chi connectivity index (χ0n) is 15.1. The van der Waals surface area contributed by atoms with Gasteiger partial charge in [-0.25, -0.2) is 4.79 Å². The van der Waals surface area contributed by atoms with Gasteiger partial charge in [0.05, 0.1) is 18.9 Å². The summed E-state index contributed by atoms with van der Waals surface area (Å²) in [4.78, 5) is 37.7. The van der Waals surface area contributed by atoms with Gasteiger partial charge >= 0.3 is 6.03 Å². The first-order valence-electron chi connectivity index (χ1n) is 8.66. The first kappa shape index (κ1) is 18.4. The van der Waals surface area contributed by atoms with Crippen LogP contribution < -0.4 is 10.1 Å². The Hall–Kier alpha value is -3.35. The lowest BCUT2D eigenvalue weighted by atomic mass is 10.1. The number of carbonyl (C=O) groups excluding carboxylic acids is 3. The van der Waals surface area contributed by atoms with Crippen LogP contribution in [-0.4, -0.2) is 28.8 Å². The number of urea groups is 1. The maximum absolute atomic E-state index is 12.6. The van der Waals surface area contributed by atoms with E-state index in [4.69, 9.17) is 9.15 Å². The number of carbonyl (C=O) groups is 3. The molecule has 1 aliphatic heterocycles. The summed E-state index contributed by atoms with van der Waals surface area (Å²) in [5, 5.41) is 2.18. The van der Waals surface area contributed by atoms with Crippen LogP contribution >= 0.6 is 0 Å². The van der Waals surface area contributed by atoms with Gasteiger partial charge in [-0.15, -0.1) is 0 Å². The van der Waals surface area contributed by atoms with Gasteiger partial charge in [-0.1, -0.05) is 19.1 Å². The number of amides is 4. The minimum Gasteiger partial charge on any atom is -0.491 e. The Morgan fingerprint density at radius 1 is 1.19 bits per heavy atom. The lowest BCUT2D eigenvalue weighted by Gasteiger charge is -2.25. The zero-order chi connectivity index (χ0) is 19.4. The van der Waals surface area contributed by atoms with Gasteiger partial charge in [0, 0.05) is 0 Å². The summed E-state index contributed by atoms with van der Waals surface area (Å²) >= 11 is 0. The topological polar surface area (TPSA) is 88.8 Å². The number of imide groups is 2. The monoisotopic (exact) mass is 368 g/mol. The molecule has 2 aromatic rings. The predicted molar refractivity (Wildman–Crippen MR) is 97.6 cm³/mol. The Bertz CT molecular complexity index is 868. The molecule has 1 saturated heterocycles. The molecule has 27 heavy (non-hydrogen) atoms. The number of furan rings is 1. The largest absolute Gasteiger partial charge is 0.491 e. The second-order valence-electron chi connectivity index (χ2n) is 6.19. The molecule has 140 valence electrons. The molecular formula is C20H20N2O5. The second-order valence-corrected chi connectivity index (χ2v) is 6.19. The molecule has 0 aliphatic carbocycles. The van der Waals surface area contributed by atoms with E-state index in [1.54, 1.807) is 36.4 Å². The summed E-state index contributed by atoms with van der Waals surface area (Å²) in [5.74, 6) is -0.236. The van der Waals surface area contributed by atoms with Gasteiger partial charge in [0.2, 0.25) is 0 Å². The molecule has 7 heteroatoms. The van der Waals surface area contributed by atoms with Gasteiger partial charge in [-0.3, -0.25) is 19.8 Å². The Balaban J connectivity index is 1.80. The van der Waals surface area contributed by atoms with E-state index in [1.807, 2.05) is 13.8 Å². The predicted octanol–water partition coefficient (Wildman–Crippen LogP) is 3.12. The van der Waals surface area contributed by atoms with Gasteiger partial charge in [-0.05, 0) is 49.2 Å². The van der Waals surface area contributed by atoms with Gasteiger partial charge in [-0.2, -0.15) is 0 Å². The summed E-state index contributed by atoms with van der Waals surface area (Å²) in [7, 11) is 0. The molecule has 4 amide bonds. The van der Waals surface area contributed by atoms with Crippen molar-refractivity contribution in [1.82, 2.24) is 10.2 Å². The van der Waals surface area contributed by atoms with E-state index in [0.717, 1.165) is 11.3 Å². The number of hydrogen-bond donors (Lipinski definition) is 1. The molecule has 7 nitrogen and oxygen atoms in total. The summed E-state index contributed by atoms with van der Waals surface area (Å²) in [6, 6.07) is 9.58. The number of rotatable bonds is 6. The average molecular weight is 368 g/mol. The Labute approximate surface area is 156 Å². The van der Waals surface area contributed by atoms with Crippen LogP contribution in [0.1, 0.15) is 31.6 Å². The van der Waals surface area contributed by atoms with Crippen LogP contribution in [0.5, 0.6) is 5.75 Å². The van der Waals surface area contributed by atoms with Gasteiger partial charge in [0.15, 0.2) is 0 Å². The third-order valence-corrected chi connectivity index (χ3v) is 4.18. The van der Waals surface area contributed by atoms with E-state index in [-0.39, 0.29) is 18.2 Å². The third kappa shape index (κ3) is 4.25. The molecule has 2 heterocycles. The number of hydrogen-bond acceptors (Lipinski definition) is 5. The standard InChI is InChI=1S/C20H20N2O5/c1-3-13(2)27-15-8-6-14(7-9-15)11-17-18(23)21-20(25)22(19(17)24)12-16-5-4-10-26-16/h4-11,13H,3,12H2,1-2H3,(H,21,23,25)/b17-11+/t13-/m0/s1. The Morgan fingerprint density at radius 2 is 1.93 bits per heavy atom. The summed E-state index contributed by atoms with van der Waals surface area (Å²) < 4.78 is 10.9. The number of ether oxygens (including phenoxy) is 1. The van der Waals surface area contributed by atoms with Gasteiger partial charge in [0.25, 0.3) is 11.8 Å². The molecule has 1 N–H and O–H groups in total. The molecule has 3 rings (SSSR count). The number of barbiturate groups is 1. The van der Waals surface area contributed by atoms with Crippen molar-refractivity contribution in [1.29, 1.82) is 0 Å². The van der Waals surface area contributed by atoms with Crippen molar-refractivity contribution in [3.8, 4) is 5.75 Å². The van der Waals surface area contributed by atoms with Crippen LogP contribution in [0, 0.1) is 0 Å². The summed E-state index contributed by atoms with van der Waals surface area (Å²) in [5.41, 5.74) is 0.536. The highest BCUT2D eigenvalue weighted by atomic mass is 16.5. The number of nitrogens with zero attached hydrogens (tertiary/aromatic N) is 1. The van der Waals surface area contributed by atoms with Crippen LogP contribution in [0.15, 0.2) is 52.7 Å². The molecule has 0 radical (unpaired) electrons. The van der Waals surface area contributed by atoms with Crippen molar-refractivity contribution < 1.29 is 23.5 Å². The van der Waals surface area contributed by atoms with E-state index in [1.165, 1.54) is 12.3 Å². The molecule has 1 fully saturated rings. The van der Waals surface area contributed by atoms with E-state index < -0.39 is 17.8 Å². The molecule has 1 aromatic carbocycles. The molecule has 0 spiro atoms. The zero-order valence-corrected chi connectivity index (χ0v) is 15.1. The van der Waals surface area contributed by atoms with Crippen LogP contribution in [-0.2, 0) is 16.1 Å². The highest BCUT2D eigenvalue weighted by molar-refractivity contribution is 6.30. The molecule has 0 unspecified atom stereocenters. The van der Waals surface area contributed by atoms with E-state index in [0.29, 0.717) is 17.1 Å². The second kappa shape index (κ2) is 7.90. The van der Waals surface area contributed by atoms with E-state index >= 15 is 0 Å². The molecule has 1 aromatic heterocycles. The van der Waals surface area contributed by atoms with Crippen molar-refractivity contribution in [3.05, 3.63) is 59.6 Å². The summed E-state index contributed by atoms with van der Waals surface area (Å²) in [6.07, 6.45) is 3.89. The Morgan fingerprint density at radius 3 is 2.56 bits per heavy atom. The maximum atomic E-state index is 12.6. The average Bonchev–Trinajstić information content (AvgIpc) is 3.16.